The van der Waals surface area contributed by atoms with Gasteiger partial charge in [-0.15, -0.1) is 0 Å². The summed E-state index contributed by atoms with van der Waals surface area (Å²) in [5.74, 6) is -1.85. The third kappa shape index (κ3) is 5.26. The summed E-state index contributed by atoms with van der Waals surface area (Å²) >= 11 is 0. The maximum Gasteiger partial charge on any atom is 0.292 e. The quantitative estimate of drug-likeness (QED) is 0.515. The number of likely N-dealkylation sites (tertiary alicyclic amines) is 1. The summed E-state index contributed by atoms with van der Waals surface area (Å²) < 4.78 is 25.6. The van der Waals surface area contributed by atoms with E-state index in [9.17, 15) is 19.1 Å². The lowest BCUT2D eigenvalue weighted by atomic mass is 9.91. The fraction of sp³-hybridized carbons (Fsp3) is 0.519. The number of aliphatic hydroxyl groups excluding tert-OH is 1. The average Bonchev–Trinajstić information content (AvgIpc) is 3.57. The van der Waals surface area contributed by atoms with Gasteiger partial charge in [-0.25, -0.2) is 4.39 Å². The van der Waals surface area contributed by atoms with Crippen molar-refractivity contribution < 1.29 is 28.6 Å². The Morgan fingerprint density at radius 1 is 1.19 bits per heavy atom. The number of hydrogen-bond donors (Lipinski definition) is 2. The SMILES string of the molecule is CC(C)N1N=CC2=CC=C(C(=O)C(=O)N[C@H](CN3CCCC3)[C@H](O)c3cc(F)c4c(c3)OCCO4)CC21. The van der Waals surface area contributed by atoms with Gasteiger partial charge < -0.3 is 24.8 Å². The number of carbonyl (C=O) groups excluding carboxylic acids is 2. The highest BCUT2D eigenvalue weighted by Crippen LogP contribution is 2.36. The minimum Gasteiger partial charge on any atom is -0.486 e. The first-order valence-electron chi connectivity index (χ1n) is 12.9. The predicted molar refractivity (Wildman–Crippen MR) is 135 cm³/mol. The number of hydrogen-bond acceptors (Lipinski definition) is 8. The van der Waals surface area contributed by atoms with Crippen molar-refractivity contribution in [3.63, 3.8) is 0 Å². The van der Waals surface area contributed by atoms with Crippen LogP contribution in [0.15, 0.2) is 40.5 Å². The average molecular weight is 513 g/mol. The van der Waals surface area contributed by atoms with E-state index < -0.39 is 29.7 Å². The first kappa shape index (κ1) is 25.4. The smallest absolute Gasteiger partial charge is 0.292 e. The summed E-state index contributed by atoms with van der Waals surface area (Å²) in [5, 5.41) is 20.4. The van der Waals surface area contributed by atoms with Crippen LogP contribution in [0.25, 0.3) is 0 Å². The predicted octanol–water partition coefficient (Wildman–Crippen LogP) is 2.11. The number of nitrogens with zero attached hydrogens (tertiary/aromatic N) is 3. The minimum atomic E-state index is -1.26. The second kappa shape index (κ2) is 10.6. The molecule has 3 aliphatic heterocycles. The van der Waals surface area contributed by atoms with Gasteiger partial charge in [0, 0.05) is 24.6 Å². The third-order valence-corrected chi connectivity index (χ3v) is 7.27. The van der Waals surface area contributed by atoms with Gasteiger partial charge in [0.1, 0.15) is 19.3 Å². The lowest BCUT2D eigenvalue weighted by Crippen LogP contribution is -2.49. The van der Waals surface area contributed by atoms with Gasteiger partial charge in [-0.2, -0.15) is 5.10 Å². The third-order valence-electron chi connectivity index (χ3n) is 7.27. The molecule has 37 heavy (non-hydrogen) atoms. The Hall–Kier alpha value is -3.24. The Balaban J connectivity index is 1.33. The molecule has 1 saturated heterocycles. The zero-order valence-electron chi connectivity index (χ0n) is 21.2. The van der Waals surface area contributed by atoms with E-state index in [1.807, 2.05) is 24.9 Å². The molecule has 3 atom stereocenters. The molecule has 2 N–H and O–H groups in total. The molecule has 0 aromatic heterocycles. The van der Waals surface area contributed by atoms with Gasteiger partial charge in [0.25, 0.3) is 5.91 Å². The normalized spacial score (nSPS) is 22.4. The summed E-state index contributed by atoms with van der Waals surface area (Å²) in [4.78, 5) is 28.5. The van der Waals surface area contributed by atoms with Crippen LogP contribution in [0.2, 0.25) is 0 Å². The van der Waals surface area contributed by atoms with Gasteiger partial charge in [-0.3, -0.25) is 14.6 Å². The van der Waals surface area contributed by atoms with Crippen LogP contribution in [0, 0.1) is 5.82 Å². The number of amides is 1. The van der Waals surface area contributed by atoms with E-state index in [2.05, 4.69) is 15.3 Å². The number of benzene rings is 1. The maximum atomic E-state index is 14.7. The lowest BCUT2D eigenvalue weighted by molar-refractivity contribution is -0.137. The minimum absolute atomic E-state index is 0.0144. The Labute approximate surface area is 215 Å². The Morgan fingerprint density at radius 3 is 2.70 bits per heavy atom. The molecule has 4 aliphatic rings. The van der Waals surface area contributed by atoms with Crippen molar-refractivity contribution in [1.82, 2.24) is 15.2 Å². The zero-order valence-corrected chi connectivity index (χ0v) is 21.2. The standard InChI is InChI=1S/C27H33FN4O5/c1-16(2)32-22-12-17(5-6-18(22)14-29-32)25(34)27(35)30-21(15-31-7-3-4-8-31)24(33)19-11-20(28)26-23(13-19)36-9-10-37-26/h5-6,11,13-14,16,21-22,24,33H,3-4,7-10,12,15H2,1-2H3,(H,30,35)/t21-,22?,24-/m1/s1. The number of Topliss-reactive ketones (excluding diaryl/α,β-unsaturated/α-hetero) is 1. The number of ether oxygens (including phenoxy) is 2. The molecule has 5 rings (SSSR count). The Morgan fingerprint density at radius 2 is 1.95 bits per heavy atom. The molecule has 0 spiro atoms. The summed E-state index contributed by atoms with van der Waals surface area (Å²) in [7, 11) is 0. The van der Waals surface area contributed by atoms with Crippen LogP contribution in [0.1, 0.15) is 44.8 Å². The summed E-state index contributed by atoms with van der Waals surface area (Å²) in [5.41, 5.74) is 1.65. The van der Waals surface area contributed by atoms with Crippen LogP contribution in [0.5, 0.6) is 11.5 Å². The van der Waals surface area contributed by atoms with Crippen LogP contribution in [-0.2, 0) is 9.59 Å². The van der Waals surface area contributed by atoms with E-state index in [0.717, 1.165) is 31.5 Å². The number of rotatable bonds is 8. The molecule has 1 fully saturated rings. The molecule has 1 amide bonds. The molecule has 1 unspecified atom stereocenters. The van der Waals surface area contributed by atoms with Crippen LogP contribution in [0.3, 0.4) is 0 Å². The second-order valence-electron chi connectivity index (χ2n) is 10.2. The molecular formula is C27H33FN4O5. The van der Waals surface area contributed by atoms with Gasteiger partial charge in [0.05, 0.1) is 18.3 Å². The number of aliphatic hydroxyl groups is 1. The highest BCUT2D eigenvalue weighted by molar-refractivity contribution is 6.42. The number of allylic oxidation sites excluding steroid dienone is 2. The molecule has 1 aromatic carbocycles. The van der Waals surface area contributed by atoms with Gasteiger partial charge in [-0.05, 0) is 63.0 Å². The van der Waals surface area contributed by atoms with Crippen molar-refractivity contribution in [3.8, 4) is 11.5 Å². The number of ketones is 1. The van der Waals surface area contributed by atoms with E-state index >= 15 is 0 Å². The van der Waals surface area contributed by atoms with Crippen LogP contribution >= 0.6 is 0 Å². The molecule has 0 bridgehead atoms. The molecule has 0 radical (unpaired) electrons. The van der Waals surface area contributed by atoms with E-state index in [4.69, 9.17) is 9.47 Å². The number of halogens is 1. The first-order chi connectivity index (χ1) is 17.8. The van der Waals surface area contributed by atoms with E-state index in [1.54, 1.807) is 12.3 Å². The number of nitrogens with one attached hydrogen (secondary N) is 1. The van der Waals surface area contributed by atoms with Gasteiger partial charge >= 0.3 is 0 Å². The van der Waals surface area contributed by atoms with Crippen molar-refractivity contribution in [2.24, 2.45) is 5.10 Å². The monoisotopic (exact) mass is 512 g/mol. The van der Waals surface area contributed by atoms with Crippen LogP contribution in [-0.4, -0.2) is 83.9 Å². The molecule has 3 heterocycles. The van der Waals surface area contributed by atoms with Crippen molar-refractivity contribution in [3.05, 3.63) is 46.8 Å². The Kier molecular flexibility index (Phi) is 7.30. The van der Waals surface area contributed by atoms with E-state index in [0.29, 0.717) is 18.5 Å². The fourth-order valence-electron chi connectivity index (χ4n) is 5.33. The molecule has 10 heteroatoms. The van der Waals surface area contributed by atoms with Crippen LogP contribution < -0.4 is 14.8 Å². The molecule has 1 aliphatic carbocycles. The molecule has 1 aromatic rings. The number of carbonyl (C=O) groups is 2. The molecule has 198 valence electrons. The summed E-state index contributed by atoms with van der Waals surface area (Å²) in [6, 6.07) is 1.97. The van der Waals surface area contributed by atoms with Gasteiger partial charge in [-0.1, -0.05) is 12.2 Å². The number of fused-ring (bicyclic) bond motifs is 2. The molecule has 0 saturated carbocycles. The van der Waals surface area contributed by atoms with E-state index in [1.165, 1.54) is 12.1 Å². The molecule has 9 nitrogen and oxygen atoms in total. The second-order valence-corrected chi connectivity index (χ2v) is 10.2. The number of hydrazone groups is 1. The first-order valence-corrected chi connectivity index (χ1v) is 12.9. The van der Waals surface area contributed by atoms with Crippen LogP contribution in [0.4, 0.5) is 4.39 Å². The maximum absolute atomic E-state index is 14.7. The zero-order chi connectivity index (χ0) is 26.1. The topological polar surface area (TPSA) is 104 Å². The lowest BCUT2D eigenvalue weighted by Gasteiger charge is -2.31. The van der Waals surface area contributed by atoms with Crippen molar-refractivity contribution in [1.29, 1.82) is 0 Å². The highest BCUT2D eigenvalue weighted by Gasteiger charge is 2.35. The highest BCUT2D eigenvalue weighted by atomic mass is 19.1. The van der Waals surface area contributed by atoms with Crippen molar-refractivity contribution in [2.75, 3.05) is 32.8 Å². The molecular weight excluding hydrogens is 479 g/mol. The van der Waals surface area contributed by atoms with Gasteiger partial charge in [0.2, 0.25) is 5.78 Å². The van der Waals surface area contributed by atoms with Crippen molar-refractivity contribution >= 4 is 17.9 Å². The van der Waals surface area contributed by atoms with Gasteiger partial charge in [0.15, 0.2) is 17.3 Å². The van der Waals surface area contributed by atoms with E-state index in [-0.39, 0.29) is 42.4 Å². The van der Waals surface area contributed by atoms with Crippen molar-refractivity contribution in [2.45, 2.75) is 57.3 Å². The summed E-state index contributed by atoms with van der Waals surface area (Å²) in [6.07, 6.45) is 6.45. The fourth-order valence-corrected chi connectivity index (χ4v) is 5.33. The Bertz CT molecular complexity index is 1160. The largest absolute Gasteiger partial charge is 0.486 e. The summed E-state index contributed by atoms with van der Waals surface area (Å²) in [6.45, 7) is 6.56.